The SMILES string of the molecule is CC(CS)SC(C)(S)S. The second kappa shape index (κ2) is 4.31. The first-order valence-electron chi connectivity index (χ1n) is 2.69. The molecule has 0 bridgehead atoms. The van der Waals surface area contributed by atoms with Gasteiger partial charge in [0.15, 0.2) is 0 Å². The number of hydrogen-bond donors (Lipinski definition) is 3. The van der Waals surface area contributed by atoms with Crippen LogP contribution in [-0.2, 0) is 0 Å². The van der Waals surface area contributed by atoms with Gasteiger partial charge in [0.2, 0.25) is 0 Å². The van der Waals surface area contributed by atoms with Crippen LogP contribution in [-0.4, -0.2) is 14.4 Å². The molecular weight excluding hydrogens is 188 g/mol. The minimum atomic E-state index is -0.220. The van der Waals surface area contributed by atoms with Crippen molar-refractivity contribution in [1.29, 1.82) is 0 Å². The fourth-order valence-corrected chi connectivity index (χ4v) is 2.56. The Morgan fingerprint density at radius 2 is 2.00 bits per heavy atom. The fourth-order valence-electron chi connectivity index (χ4n) is 0.418. The van der Waals surface area contributed by atoms with Crippen LogP contribution in [0.5, 0.6) is 0 Å². The summed E-state index contributed by atoms with van der Waals surface area (Å²) in [6.07, 6.45) is 0. The summed E-state index contributed by atoms with van der Waals surface area (Å²) in [5.74, 6) is 0.876. The normalized spacial score (nSPS) is 15.7. The summed E-state index contributed by atoms with van der Waals surface area (Å²) in [7, 11) is 0. The summed E-state index contributed by atoms with van der Waals surface area (Å²) in [6.45, 7) is 4.08. The highest BCUT2D eigenvalue weighted by atomic mass is 32.2. The van der Waals surface area contributed by atoms with Gasteiger partial charge in [0.05, 0.1) is 3.41 Å². The topological polar surface area (TPSA) is 0 Å². The molecule has 0 N–H and O–H groups in total. The molecule has 1 unspecified atom stereocenters. The molecule has 0 aromatic heterocycles. The first kappa shape index (κ1) is 10.4. The third-order valence-electron chi connectivity index (χ3n) is 0.682. The number of rotatable bonds is 3. The van der Waals surface area contributed by atoms with Gasteiger partial charge in [-0.15, -0.1) is 11.8 Å². The lowest BCUT2D eigenvalue weighted by Crippen LogP contribution is -2.08. The molecule has 0 saturated carbocycles. The van der Waals surface area contributed by atoms with E-state index in [0.717, 1.165) is 5.75 Å². The number of thiol groups is 3. The third-order valence-corrected chi connectivity index (χ3v) is 3.12. The zero-order valence-corrected chi connectivity index (χ0v) is 9.03. The van der Waals surface area contributed by atoms with Crippen molar-refractivity contribution in [1.82, 2.24) is 0 Å². The molecule has 4 heteroatoms. The largest absolute Gasteiger partial charge is 0.178 e. The highest BCUT2D eigenvalue weighted by Crippen LogP contribution is 2.36. The van der Waals surface area contributed by atoms with Crippen molar-refractivity contribution in [2.24, 2.45) is 0 Å². The Balaban J connectivity index is 3.47. The summed E-state index contributed by atoms with van der Waals surface area (Å²) in [4.78, 5) is 0. The monoisotopic (exact) mass is 200 g/mol. The molecular formula is C5H12S4. The predicted molar refractivity (Wildman–Crippen MR) is 57.3 cm³/mol. The van der Waals surface area contributed by atoms with Crippen molar-refractivity contribution in [3.63, 3.8) is 0 Å². The van der Waals surface area contributed by atoms with E-state index < -0.39 is 0 Å². The highest BCUT2D eigenvalue weighted by Gasteiger charge is 2.16. The van der Waals surface area contributed by atoms with Crippen LogP contribution in [0.2, 0.25) is 0 Å². The Bertz CT molecular complexity index is 75.5. The summed E-state index contributed by atoms with van der Waals surface area (Å²) in [5.41, 5.74) is 0. The first-order chi connectivity index (χ1) is 3.95. The molecule has 0 spiro atoms. The highest BCUT2D eigenvalue weighted by molar-refractivity contribution is 8.24. The van der Waals surface area contributed by atoms with Crippen LogP contribution in [0.15, 0.2) is 0 Å². The average Bonchev–Trinajstić information content (AvgIpc) is 1.62. The second-order valence-corrected chi connectivity index (χ2v) is 7.01. The van der Waals surface area contributed by atoms with E-state index in [9.17, 15) is 0 Å². The van der Waals surface area contributed by atoms with Gasteiger partial charge in [-0.25, -0.2) is 0 Å². The average molecular weight is 200 g/mol. The number of thioether (sulfide) groups is 1. The van der Waals surface area contributed by atoms with Crippen molar-refractivity contribution in [2.45, 2.75) is 22.5 Å². The molecule has 0 aliphatic rings. The van der Waals surface area contributed by atoms with E-state index in [-0.39, 0.29) is 3.41 Å². The van der Waals surface area contributed by atoms with Crippen LogP contribution in [0.25, 0.3) is 0 Å². The standard InChI is InChI=1S/C5H12S4/c1-4(3-6)9-5(2,7)8/h4,6-8H,3H2,1-2H3. The van der Waals surface area contributed by atoms with Gasteiger partial charge < -0.3 is 0 Å². The van der Waals surface area contributed by atoms with Crippen LogP contribution < -0.4 is 0 Å². The quantitative estimate of drug-likeness (QED) is 0.465. The van der Waals surface area contributed by atoms with Crippen LogP contribution in [0.3, 0.4) is 0 Å². The molecule has 0 rings (SSSR count). The summed E-state index contributed by atoms with van der Waals surface area (Å²) in [6, 6.07) is 0. The van der Waals surface area contributed by atoms with Gasteiger partial charge in [-0.1, -0.05) is 6.92 Å². The van der Waals surface area contributed by atoms with Crippen molar-refractivity contribution in [2.75, 3.05) is 5.75 Å². The first-order valence-corrected chi connectivity index (χ1v) is 5.10. The van der Waals surface area contributed by atoms with Crippen molar-refractivity contribution in [3.05, 3.63) is 0 Å². The van der Waals surface area contributed by atoms with Crippen LogP contribution in [0.1, 0.15) is 13.8 Å². The van der Waals surface area contributed by atoms with Gasteiger partial charge in [0.25, 0.3) is 0 Å². The van der Waals surface area contributed by atoms with Crippen molar-refractivity contribution < 1.29 is 0 Å². The lowest BCUT2D eigenvalue weighted by atomic mass is 10.6. The maximum absolute atomic E-state index is 4.24. The Morgan fingerprint density at radius 1 is 1.56 bits per heavy atom. The molecule has 1 atom stereocenters. The van der Waals surface area contributed by atoms with Crippen LogP contribution in [0.4, 0.5) is 0 Å². The second-order valence-electron chi connectivity index (χ2n) is 2.04. The van der Waals surface area contributed by atoms with E-state index in [0.29, 0.717) is 5.25 Å². The van der Waals surface area contributed by atoms with E-state index in [2.05, 4.69) is 44.8 Å². The van der Waals surface area contributed by atoms with Gasteiger partial charge in [-0.2, -0.15) is 37.9 Å². The van der Waals surface area contributed by atoms with Crippen molar-refractivity contribution in [3.8, 4) is 0 Å². The van der Waals surface area contributed by atoms with Gasteiger partial charge in [-0.3, -0.25) is 0 Å². The lowest BCUT2D eigenvalue weighted by Gasteiger charge is -2.19. The predicted octanol–water partition coefficient (Wildman–Crippen LogP) is 2.57. The molecule has 0 fully saturated rings. The third kappa shape index (κ3) is 7.30. The minimum absolute atomic E-state index is 0.220. The molecule has 0 aliphatic heterocycles. The minimum Gasteiger partial charge on any atom is -0.178 e. The maximum atomic E-state index is 4.24. The molecule has 9 heavy (non-hydrogen) atoms. The van der Waals surface area contributed by atoms with Crippen molar-refractivity contribution >= 4 is 49.6 Å². The molecule has 56 valence electrons. The smallest absolute Gasteiger partial charge is 0.0983 e. The molecule has 0 aliphatic carbocycles. The molecule has 0 heterocycles. The summed E-state index contributed by atoms with van der Waals surface area (Å²) in [5, 5.41) is 0.522. The fraction of sp³-hybridized carbons (Fsp3) is 1.00. The summed E-state index contributed by atoms with van der Waals surface area (Å²) < 4.78 is -0.220. The van der Waals surface area contributed by atoms with Gasteiger partial charge in [-0.05, 0) is 6.92 Å². The Kier molecular flexibility index (Phi) is 4.98. The lowest BCUT2D eigenvalue weighted by molar-refractivity contribution is 1.12. The molecule has 0 amide bonds. The van der Waals surface area contributed by atoms with Gasteiger partial charge >= 0.3 is 0 Å². The maximum Gasteiger partial charge on any atom is 0.0983 e. The molecule has 0 radical (unpaired) electrons. The van der Waals surface area contributed by atoms with Crippen LogP contribution >= 0.6 is 49.6 Å². The Morgan fingerprint density at radius 3 is 2.11 bits per heavy atom. The molecule has 0 aromatic carbocycles. The van der Waals surface area contributed by atoms with Gasteiger partial charge in [0.1, 0.15) is 0 Å². The zero-order chi connectivity index (χ0) is 7.49. The van der Waals surface area contributed by atoms with E-state index in [1.54, 1.807) is 11.8 Å². The van der Waals surface area contributed by atoms with E-state index in [1.165, 1.54) is 0 Å². The Labute approximate surface area is 77.8 Å². The zero-order valence-electron chi connectivity index (χ0n) is 5.53. The molecule has 0 aromatic rings. The van der Waals surface area contributed by atoms with E-state index in [4.69, 9.17) is 0 Å². The van der Waals surface area contributed by atoms with Gasteiger partial charge in [0, 0.05) is 11.0 Å². The van der Waals surface area contributed by atoms with E-state index >= 15 is 0 Å². The number of hydrogen-bond acceptors (Lipinski definition) is 4. The van der Waals surface area contributed by atoms with Crippen LogP contribution in [0, 0.1) is 0 Å². The molecule has 0 saturated heterocycles. The van der Waals surface area contributed by atoms with E-state index in [1.807, 2.05) is 6.92 Å². The Hall–Kier alpha value is 1.40. The molecule has 0 nitrogen and oxygen atoms in total. The summed E-state index contributed by atoms with van der Waals surface area (Å²) >= 11 is 14.3.